The van der Waals surface area contributed by atoms with E-state index in [1.54, 1.807) is 14.0 Å². The number of hydrogen-bond acceptors (Lipinski definition) is 7. The van der Waals surface area contributed by atoms with Crippen LogP contribution in [0.15, 0.2) is 68.7 Å². The van der Waals surface area contributed by atoms with Crippen LogP contribution in [0.5, 0.6) is 11.5 Å². The van der Waals surface area contributed by atoms with Gasteiger partial charge in [0, 0.05) is 10.7 Å². The van der Waals surface area contributed by atoms with Gasteiger partial charge in [-0.05, 0) is 49.4 Å². The van der Waals surface area contributed by atoms with Gasteiger partial charge in [-0.2, -0.15) is 0 Å². The number of benzene rings is 2. The van der Waals surface area contributed by atoms with E-state index < -0.39 is 6.04 Å². The first-order valence-corrected chi connectivity index (χ1v) is 12.2. The number of thioether (sulfide) groups is 1. The molecule has 8 heteroatoms. The molecule has 0 N–H and O–H groups in total. The van der Waals surface area contributed by atoms with Crippen LogP contribution in [-0.4, -0.2) is 29.8 Å². The number of nitrogens with zero attached hydrogens (tertiary/aromatic N) is 2. The zero-order valence-electron chi connectivity index (χ0n) is 18.9. The highest BCUT2D eigenvalue weighted by molar-refractivity contribution is 9.10. The number of carbonyl (C=O) groups excluding carboxylic acids is 1. The fraction of sp³-hybridized carbons (Fsp3) is 0.280. The molecular weight excluding hydrogens is 504 g/mol. The van der Waals surface area contributed by atoms with Crippen LogP contribution < -0.4 is 9.47 Å². The maximum absolute atomic E-state index is 12.9. The van der Waals surface area contributed by atoms with Crippen LogP contribution in [0.3, 0.4) is 0 Å². The lowest BCUT2D eigenvalue weighted by Gasteiger charge is -2.34. The third-order valence-electron chi connectivity index (χ3n) is 5.41. The van der Waals surface area contributed by atoms with Crippen LogP contribution in [0.1, 0.15) is 36.6 Å². The molecule has 1 atom stereocenters. The van der Waals surface area contributed by atoms with E-state index in [0.717, 1.165) is 20.8 Å². The smallest absolute Gasteiger partial charge is 0.338 e. The van der Waals surface area contributed by atoms with E-state index in [9.17, 15) is 4.79 Å². The van der Waals surface area contributed by atoms with Crippen molar-refractivity contribution >= 4 is 38.8 Å². The van der Waals surface area contributed by atoms with Crippen molar-refractivity contribution in [2.75, 3.05) is 13.7 Å². The molecule has 0 aliphatic carbocycles. The van der Waals surface area contributed by atoms with Crippen LogP contribution in [0.25, 0.3) is 0 Å². The van der Waals surface area contributed by atoms with Crippen molar-refractivity contribution in [3.05, 3.63) is 80.4 Å². The van der Waals surface area contributed by atoms with E-state index in [2.05, 4.69) is 40.0 Å². The SMILES string of the molecule is CCOC(=O)C1=C(C)N=C2SC=CN2[C@@H]1c1cc(OC)c(OCc2ccc(C)cc2)cc1Br. The van der Waals surface area contributed by atoms with Crippen LogP contribution in [0.4, 0.5) is 0 Å². The molecule has 2 heterocycles. The van der Waals surface area contributed by atoms with Crippen LogP contribution >= 0.6 is 27.7 Å². The molecule has 0 saturated carbocycles. The zero-order chi connectivity index (χ0) is 23.5. The van der Waals surface area contributed by atoms with Crippen molar-refractivity contribution in [3.63, 3.8) is 0 Å². The third kappa shape index (κ3) is 4.82. The molecule has 0 radical (unpaired) electrons. The van der Waals surface area contributed by atoms with Gasteiger partial charge < -0.3 is 19.1 Å². The molecule has 0 spiro atoms. The number of halogens is 1. The van der Waals surface area contributed by atoms with Gasteiger partial charge in [0.05, 0.1) is 31.0 Å². The number of ether oxygens (including phenoxy) is 3. The second-order valence-corrected chi connectivity index (χ2v) is 9.35. The van der Waals surface area contributed by atoms with Crippen molar-refractivity contribution in [2.45, 2.75) is 33.4 Å². The summed E-state index contributed by atoms with van der Waals surface area (Å²) in [7, 11) is 1.61. The van der Waals surface area contributed by atoms with Gasteiger partial charge in [-0.1, -0.05) is 57.5 Å². The topological polar surface area (TPSA) is 60.4 Å². The lowest BCUT2D eigenvalue weighted by molar-refractivity contribution is -0.139. The van der Waals surface area contributed by atoms with E-state index in [4.69, 9.17) is 14.2 Å². The Kier molecular flexibility index (Phi) is 7.14. The molecule has 0 fully saturated rings. The Labute approximate surface area is 206 Å². The second-order valence-electron chi connectivity index (χ2n) is 7.63. The first kappa shape index (κ1) is 23.4. The number of aryl methyl sites for hydroxylation is 1. The summed E-state index contributed by atoms with van der Waals surface area (Å²) >= 11 is 5.23. The van der Waals surface area contributed by atoms with E-state index in [0.29, 0.717) is 36.0 Å². The van der Waals surface area contributed by atoms with Crippen molar-refractivity contribution in [1.29, 1.82) is 0 Å². The predicted molar refractivity (Wildman–Crippen MR) is 134 cm³/mol. The second kappa shape index (κ2) is 10.1. The molecular formula is C25H25BrN2O4S. The molecule has 0 saturated heterocycles. The maximum Gasteiger partial charge on any atom is 0.338 e. The van der Waals surface area contributed by atoms with Crippen LogP contribution in [0.2, 0.25) is 0 Å². The summed E-state index contributed by atoms with van der Waals surface area (Å²) in [6.45, 7) is 6.40. The molecule has 2 aromatic carbocycles. The summed E-state index contributed by atoms with van der Waals surface area (Å²) in [5.41, 5.74) is 4.28. The Morgan fingerprint density at radius 1 is 1.18 bits per heavy atom. The Hall–Kier alpha value is -2.71. The lowest BCUT2D eigenvalue weighted by atomic mass is 9.94. The minimum absolute atomic E-state index is 0.291. The number of amidine groups is 1. The van der Waals surface area contributed by atoms with Gasteiger partial charge >= 0.3 is 5.97 Å². The minimum Gasteiger partial charge on any atom is -0.493 e. The number of carbonyl (C=O) groups is 1. The van der Waals surface area contributed by atoms with E-state index in [1.807, 2.05) is 47.7 Å². The highest BCUT2D eigenvalue weighted by Gasteiger charge is 2.38. The fourth-order valence-corrected chi connectivity index (χ4v) is 5.08. The van der Waals surface area contributed by atoms with E-state index in [-0.39, 0.29) is 5.97 Å². The first-order chi connectivity index (χ1) is 15.9. The molecule has 0 aromatic heterocycles. The highest BCUT2D eigenvalue weighted by atomic mass is 79.9. The lowest BCUT2D eigenvalue weighted by Crippen LogP contribution is -2.34. The number of aliphatic imine (C=N–C) groups is 1. The number of rotatable bonds is 7. The fourth-order valence-electron chi connectivity index (χ4n) is 3.75. The van der Waals surface area contributed by atoms with Gasteiger partial charge in [0.25, 0.3) is 0 Å². The molecule has 4 rings (SSSR count). The van der Waals surface area contributed by atoms with Crippen molar-refractivity contribution in [1.82, 2.24) is 4.90 Å². The molecule has 0 unspecified atom stereocenters. The molecule has 0 amide bonds. The summed E-state index contributed by atoms with van der Waals surface area (Å²) in [5.74, 6) is 0.822. The van der Waals surface area contributed by atoms with Crippen molar-refractivity contribution < 1.29 is 19.0 Å². The average Bonchev–Trinajstić information content (AvgIpc) is 3.26. The quantitative estimate of drug-likeness (QED) is 0.404. The highest BCUT2D eigenvalue weighted by Crippen LogP contribution is 2.46. The molecule has 2 aliphatic rings. The van der Waals surface area contributed by atoms with Gasteiger partial charge in [-0.15, -0.1) is 0 Å². The number of allylic oxidation sites excluding steroid dienone is 1. The van der Waals surface area contributed by atoms with Gasteiger partial charge in [0.1, 0.15) is 6.61 Å². The molecule has 6 nitrogen and oxygen atoms in total. The maximum atomic E-state index is 12.9. The Bertz CT molecular complexity index is 1160. The Balaban J connectivity index is 1.71. The van der Waals surface area contributed by atoms with Gasteiger partial charge in [-0.3, -0.25) is 0 Å². The minimum atomic E-state index is -0.405. The summed E-state index contributed by atoms with van der Waals surface area (Å²) in [4.78, 5) is 19.5. The molecule has 0 bridgehead atoms. The summed E-state index contributed by atoms with van der Waals surface area (Å²) in [6.07, 6.45) is 1.93. The number of methoxy groups -OCH3 is 1. The summed E-state index contributed by atoms with van der Waals surface area (Å²) < 4.78 is 17.9. The Morgan fingerprint density at radius 3 is 2.64 bits per heavy atom. The van der Waals surface area contributed by atoms with Crippen molar-refractivity contribution in [3.8, 4) is 11.5 Å². The van der Waals surface area contributed by atoms with Gasteiger partial charge in [0.15, 0.2) is 16.7 Å². The monoisotopic (exact) mass is 528 g/mol. The number of hydrogen-bond donors (Lipinski definition) is 0. The van der Waals surface area contributed by atoms with Gasteiger partial charge in [-0.25, -0.2) is 9.79 Å². The van der Waals surface area contributed by atoms with Crippen LogP contribution in [0, 0.1) is 6.92 Å². The van der Waals surface area contributed by atoms with Crippen LogP contribution in [-0.2, 0) is 16.1 Å². The molecule has 33 heavy (non-hydrogen) atoms. The van der Waals surface area contributed by atoms with Gasteiger partial charge in [0.2, 0.25) is 0 Å². The third-order valence-corrected chi connectivity index (χ3v) is 6.87. The molecule has 2 aliphatic heterocycles. The number of esters is 1. The standard InChI is InChI=1S/C25H25BrN2O4S/c1-5-31-24(29)22-16(3)27-25-28(10-11-33-25)23(22)18-12-20(30-4)21(13-19(18)26)32-14-17-8-6-15(2)7-9-17/h6-13,23H,5,14H2,1-4H3/t23-/m1/s1. The molecule has 2 aromatic rings. The predicted octanol–water partition coefficient (Wildman–Crippen LogP) is 6.11. The summed E-state index contributed by atoms with van der Waals surface area (Å²) in [6, 6.07) is 11.6. The van der Waals surface area contributed by atoms with E-state index in [1.165, 1.54) is 17.3 Å². The van der Waals surface area contributed by atoms with E-state index >= 15 is 0 Å². The summed E-state index contributed by atoms with van der Waals surface area (Å²) in [5, 5.41) is 2.77. The Morgan fingerprint density at radius 2 is 1.94 bits per heavy atom. The number of fused-ring (bicyclic) bond motifs is 1. The average molecular weight is 529 g/mol. The normalized spacial score (nSPS) is 17.1. The first-order valence-electron chi connectivity index (χ1n) is 10.6. The van der Waals surface area contributed by atoms with Crippen molar-refractivity contribution in [2.24, 2.45) is 4.99 Å². The molecule has 172 valence electrons. The zero-order valence-corrected chi connectivity index (χ0v) is 21.3. The largest absolute Gasteiger partial charge is 0.493 e.